The molecule has 3 heterocycles. The zero-order valence-electron chi connectivity index (χ0n) is 20.2. The predicted molar refractivity (Wildman–Crippen MR) is 142 cm³/mol. The van der Waals surface area contributed by atoms with Gasteiger partial charge in [0.1, 0.15) is 11.4 Å². The highest BCUT2D eigenvalue weighted by atomic mass is 79.9. The summed E-state index contributed by atoms with van der Waals surface area (Å²) in [6.07, 6.45) is 3.46. The predicted octanol–water partition coefficient (Wildman–Crippen LogP) is 5.34. The molecule has 13 heteroatoms. The van der Waals surface area contributed by atoms with Crippen molar-refractivity contribution in [1.82, 2.24) is 24.4 Å². The second kappa shape index (κ2) is 10.3. The minimum atomic E-state index is -0.580. The van der Waals surface area contributed by atoms with Crippen molar-refractivity contribution in [3.8, 4) is 28.6 Å². The monoisotopic (exact) mass is 577 g/mol. The fourth-order valence-corrected chi connectivity index (χ4v) is 4.28. The molecule has 1 N–H and O–H groups in total. The number of aromatic nitrogens is 5. The molecular formula is C25H20BrN7O5. The molecule has 0 radical (unpaired) electrons. The maximum Gasteiger partial charge on any atom is 0.276 e. The van der Waals surface area contributed by atoms with Gasteiger partial charge in [0.2, 0.25) is 0 Å². The Morgan fingerprint density at radius 2 is 1.92 bits per heavy atom. The van der Waals surface area contributed by atoms with Crippen LogP contribution >= 0.6 is 15.9 Å². The maximum atomic E-state index is 13.1. The fraction of sp³-hybridized carbons (Fsp3) is 0.120. The normalized spacial score (nSPS) is 10.9. The number of aryl methyl sites for hydroxylation is 1. The van der Waals surface area contributed by atoms with Crippen molar-refractivity contribution in [3.05, 3.63) is 87.3 Å². The Bertz CT molecular complexity index is 1680. The third kappa shape index (κ3) is 4.91. The molecule has 0 saturated carbocycles. The van der Waals surface area contributed by atoms with Gasteiger partial charge in [-0.25, -0.2) is 9.50 Å². The molecule has 5 aromatic rings. The van der Waals surface area contributed by atoms with Crippen LogP contribution in [0.4, 0.5) is 11.4 Å². The molecule has 3 aromatic heterocycles. The van der Waals surface area contributed by atoms with E-state index in [1.807, 2.05) is 13.1 Å². The minimum absolute atomic E-state index is 0.0645. The number of carbonyl (C=O) groups excluding carboxylic acids is 1. The van der Waals surface area contributed by atoms with Gasteiger partial charge in [-0.1, -0.05) is 12.1 Å². The van der Waals surface area contributed by atoms with Crippen LogP contribution in [0.15, 0.2) is 71.5 Å². The average molecular weight is 578 g/mol. The molecule has 2 aromatic carbocycles. The summed E-state index contributed by atoms with van der Waals surface area (Å²) >= 11 is 3.52. The Morgan fingerprint density at radius 1 is 1.13 bits per heavy atom. The fourth-order valence-electron chi connectivity index (χ4n) is 3.76. The first kappa shape index (κ1) is 24.9. The lowest BCUT2D eigenvalue weighted by atomic mass is 10.2. The summed E-state index contributed by atoms with van der Waals surface area (Å²) < 4.78 is 15.2. The van der Waals surface area contributed by atoms with Gasteiger partial charge >= 0.3 is 0 Å². The van der Waals surface area contributed by atoms with Gasteiger partial charge in [-0.3, -0.25) is 19.6 Å². The molecule has 0 unspecified atom stereocenters. The number of nitrogens with one attached hydrogen (secondary N) is 1. The van der Waals surface area contributed by atoms with Gasteiger partial charge in [-0.15, -0.1) is 0 Å². The number of carbonyl (C=O) groups is 1. The van der Waals surface area contributed by atoms with E-state index < -0.39 is 10.8 Å². The van der Waals surface area contributed by atoms with Crippen molar-refractivity contribution >= 4 is 38.9 Å². The van der Waals surface area contributed by atoms with Crippen LogP contribution in [0.2, 0.25) is 0 Å². The third-order valence-corrected chi connectivity index (χ3v) is 6.11. The second-order valence-electron chi connectivity index (χ2n) is 7.99. The highest BCUT2D eigenvalue weighted by Crippen LogP contribution is 2.34. The van der Waals surface area contributed by atoms with Crippen LogP contribution in [-0.2, 0) is 6.54 Å². The van der Waals surface area contributed by atoms with E-state index in [1.54, 1.807) is 41.2 Å². The van der Waals surface area contributed by atoms with Gasteiger partial charge in [-0.05, 0) is 41.1 Å². The van der Waals surface area contributed by atoms with Crippen molar-refractivity contribution in [1.29, 1.82) is 0 Å². The first-order valence-corrected chi connectivity index (χ1v) is 12.2. The molecule has 0 aliphatic carbocycles. The number of amides is 1. The number of ether oxygens (including phenoxy) is 2. The van der Waals surface area contributed by atoms with Crippen molar-refractivity contribution in [2.45, 2.75) is 13.5 Å². The van der Waals surface area contributed by atoms with Gasteiger partial charge in [-0.2, -0.15) is 10.2 Å². The van der Waals surface area contributed by atoms with Crippen LogP contribution in [-0.4, -0.2) is 42.3 Å². The van der Waals surface area contributed by atoms with Crippen molar-refractivity contribution in [3.63, 3.8) is 0 Å². The first-order valence-electron chi connectivity index (χ1n) is 11.4. The number of para-hydroxylation sites is 2. The van der Waals surface area contributed by atoms with Gasteiger partial charge in [0.25, 0.3) is 11.6 Å². The summed E-state index contributed by atoms with van der Waals surface area (Å²) in [6, 6.07) is 14.1. The molecule has 0 aliphatic rings. The summed E-state index contributed by atoms with van der Waals surface area (Å²) in [5.41, 5.74) is 1.67. The van der Waals surface area contributed by atoms with Crippen LogP contribution in [0.5, 0.6) is 17.2 Å². The Kier molecular flexibility index (Phi) is 6.75. The van der Waals surface area contributed by atoms with E-state index in [0.29, 0.717) is 35.1 Å². The van der Waals surface area contributed by atoms with Gasteiger partial charge in [0.15, 0.2) is 22.8 Å². The zero-order chi connectivity index (χ0) is 26.8. The highest BCUT2D eigenvalue weighted by Gasteiger charge is 2.19. The number of benzene rings is 2. The first-order chi connectivity index (χ1) is 18.4. The number of halogens is 1. The molecule has 0 atom stereocenters. The number of nitrogens with zero attached hydrogens (tertiary/aromatic N) is 6. The molecule has 192 valence electrons. The van der Waals surface area contributed by atoms with Crippen LogP contribution < -0.4 is 14.8 Å². The van der Waals surface area contributed by atoms with Gasteiger partial charge in [0, 0.05) is 37.1 Å². The zero-order valence-corrected chi connectivity index (χ0v) is 21.7. The number of nitro groups is 1. The van der Waals surface area contributed by atoms with E-state index in [4.69, 9.17) is 9.47 Å². The highest BCUT2D eigenvalue weighted by molar-refractivity contribution is 9.10. The number of hydrogen-bond donors (Lipinski definition) is 1. The van der Waals surface area contributed by atoms with Gasteiger partial charge in [0.05, 0.1) is 34.0 Å². The molecule has 5 rings (SSSR count). The Morgan fingerprint density at radius 3 is 2.63 bits per heavy atom. The topological polar surface area (TPSA) is 139 Å². The quantitative estimate of drug-likeness (QED) is 0.192. The Balaban J connectivity index is 1.46. The molecule has 0 aliphatic heterocycles. The van der Waals surface area contributed by atoms with Crippen molar-refractivity contribution in [2.24, 2.45) is 0 Å². The molecular weight excluding hydrogens is 558 g/mol. The SMILES string of the molecule is CCn1cc(Br)c(-c2ccnc3cc(C(=O)Nc4cc(Oc5ccccc5OC)cc([N+](=O)[O-])c4)nn23)n1. The third-order valence-electron chi connectivity index (χ3n) is 5.53. The molecule has 0 saturated heterocycles. The lowest BCUT2D eigenvalue weighted by Crippen LogP contribution is -2.13. The van der Waals surface area contributed by atoms with Gasteiger partial charge < -0.3 is 14.8 Å². The maximum absolute atomic E-state index is 13.1. The van der Waals surface area contributed by atoms with E-state index in [9.17, 15) is 14.9 Å². The van der Waals surface area contributed by atoms with Crippen molar-refractivity contribution in [2.75, 3.05) is 12.4 Å². The molecule has 0 spiro atoms. The number of methoxy groups -OCH3 is 1. The van der Waals surface area contributed by atoms with Crippen molar-refractivity contribution < 1.29 is 19.2 Å². The Hall–Kier alpha value is -4.78. The van der Waals surface area contributed by atoms with E-state index >= 15 is 0 Å². The van der Waals surface area contributed by atoms with E-state index in [1.165, 1.54) is 35.9 Å². The standard InChI is InChI=1S/C25H20BrN7O5/c1-3-31-14-18(26)24(30-31)20-8-9-27-23-13-19(29-32(20)23)25(34)28-15-10-16(33(35)36)12-17(11-15)38-22-7-5-4-6-21(22)37-2/h4-14H,3H2,1-2H3,(H,28,34). The number of anilines is 1. The summed E-state index contributed by atoms with van der Waals surface area (Å²) in [5.74, 6) is 0.383. The summed E-state index contributed by atoms with van der Waals surface area (Å²) in [7, 11) is 1.49. The van der Waals surface area contributed by atoms with Crippen LogP contribution in [0.3, 0.4) is 0 Å². The Labute approximate surface area is 224 Å². The number of fused-ring (bicyclic) bond motifs is 1. The molecule has 1 amide bonds. The summed E-state index contributed by atoms with van der Waals surface area (Å²) in [4.78, 5) is 28.4. The molecule has 0 fully saturated rings. The number of nitro benzene ring substituents is 1. The van der Waals surface area contributed by atoms with Crippen LogP contribution in [0, 0.1) is 10.1 Å². The molecule has 12 nitrogen and oxygen atoms in total. The second-order valence-corrected chi connectivity index (χ2v) is 8.85. The number of rotatable bonds is 8. The molecule has 38 heavy (non-hydrogen) atoms. The van der Waals surface area contributed by atoms with E-state index in [2.05, 4.69) is 36.4 Å². The minimum Gasteiger partial charge on any atom is -0.493 e. The van der Waals surface area contributed by atoms with E-state index in [0.717, 1.165) is 4.47 Å². The lowest BCUT2D eigenvalue weighted by Gasteiger charge is -2.11. The van der Waals surface area contributed by atoms with E-state index in [-0.39, 0.29) is 22.8 Å². The summed E-state index contributed by atoms with van der Waals surface area (Å²) in [5, 5.41) is 23.2. The number of hydrogen-bond acceptors (Lipinski definition) is 8. The number of non-ortho nitro benzene ring substituents is 1. The van der Waals surface area contributed by atoms with Crippen LogP contribution in [0.1, 0.15) is 17.4 Å². The largest absolute Gasteiger partial charge is 0.493 e. The van der Waals surface area contributed by atoms with Crippen LogP contribution in [0.25, 0.3) is 17.0 Å². The smallest absolute Gasteiger partial charge is 0.276 e. The summed E-state index contributed by atoms with van der Waals surface area (Å²) in [6.45, 7) is 2.66. The lowest BCUT2D eigenvalue weighted by molar-refractivity contribution is -0.384. The average Bonchev–Trinajstić information content (AvgIpc) is 3.52. The molecule has 0 bridgehead atoms.